The summed E-state index contributed by atoms with van der Waals surface area (Å²) in [5, 5.41) is 6.92. The number of halogens is 1. The van der Waals surface area contributed by atoms with Gasteiger partial charge < -0.3 is 10.6 Å². The van der Waals surface area contributed by atoms with Crippen molar-refractivity contribution in [2.24, 2.45) is 5.92 Å². The number of benzene rings is 1. The van der Waals surface area contributed by atoms with Gasteiger partial charge in [0, 0.05) is 18.1 Å². The van der Waals surface area contributed by atoms with E-state index in [0.29, 0.717) is 12.5 Å². The van der Waals surface area contributed by atoms with E-state index in [4.69, 9.17) is 11.6 Å². The van der Waals surface area contributed by atoms with Crippen LogP contribution in [0.4, 0.5) is 0 Å². The molecule has 1 aliphatic heterocycles. The van der Waals surface area contributed by atoms with Gasteiger partial charge >= 0.3 is 0 Å². The van der Waals surface area contributed by atoms with Gasteiger partial charge in [-0.15, -0.1) is 0 Å². The predicted octanol–water partition coefficient (Wildman–Crippen LogP) is 1.95. The Morgan fingerprint density at radius 3 is 2.76 bits per heavy atom. The monoisotopic (exact) mass is 252 g/mol. The van der Waals surface area contributed by atoms with Crippen molar-refractivity contribution >= 4 is 17.5 Å². The van der Waals surface area contributed by atoms with Crippen LogP contribution >= 0.6 is 11.6 Å². The Morgan fingerprint density at radius 2 is 2.12 bits per heavy atom. The molecule has 0 bridgehead atoms. The van der Waals surface area contributed by atoms with Crippen LogP contribution in [-0.2, 0) is 11.3 Å². The molecular weight excluding hydrogens is 236 g/mol. The van der Waals surface area contributed by atoms with Gasteiger partial charge in [-0.3, -0.25) is 4.79 Å². The lowest BCUT2D eigenvalue weighted by molar-refractivity contribution is -0.126. The fraction of sp³-hybridized carbons (Fsp3) is 0.462. The molecule has 1 aromatic rings. The first-order valence-corrected chi connectivity index (χ1v) is 6.30. The third-order valence-corrected chi connectivity index (χ3v) is 3.44. The largest absolute Gasteiger partial charge is 0.355 e. The fourth-order valence-electron chi connectivity index (χ4n) is 2.08. The number of rotatable bonds is 3. The van der Waals surface area contributed by atoms with Crippen LogP contribution in [0.1, 0.15) is 18.9 Å². The molecule has 0 saturated carbocycles. The van der Waals surface area contributed by atoms with E-state index in [1.165, 1.54) is 0 Å². The lowest BCUT2D eigenvalue weighted by Crippen LogP contribution is -2.52. The third kappa shape index (κ3) is 3.20. The first kappa shape index (κ1) is 12.4. The highest BCUT2D eigenvalue weighted by molar-refractivity contribution is 6.30. The molecule has 0 radical (unpaired) electrons. The van der Waals surface area contributed by atoms with Crippen LogP contribution in [0.2, 0.25) is 5.02 Å². The molecule has 2 N–H and O–H groups in total. The Kier molecular flexibility index (Phi) is 4.02. The molecule has 1 saturated heterocycles. The topological polar surface area (TPSA) is 41.1 Å². The van der Waals surface area contributed by atoms with Gasteiger partial charge in [-0.1, -0.05) is 30.7 Å². The summed E-state index contributed by atoms with van der Waals surface area (Å²) in [5.41, 5.74) is 1.14. The van der Waals surface area contributed by atoms with Crippen LogP contribution in [0.15, 0.2) is 24.3 Å². The summed E-state index contributed by atoms with van der Waals surface area (Å²) < 4.78 is 0. The lowest BCUT2D eigenvalue weighted by atomic mass is 9.94. The van der Waals surface area contributed by atoms with E-state index in [-0.39, 0.29) is 11.9 Å². The van der Waals surface area contributed by atoms with Crippen LogP contribution in [-0.4, -0.2) is 18.5 Å². The maximum absolute atomic E-state index is 11.7. The minimum atomic E-state index is -0.0839. The molecule has 1 fully saturated rings. The van der Waals surface area contributed by atoms with Crippen molar-refractivity contribution in [3.8, 4) is 0 Å². The molecule has 2 rings (SSSR count). The Morgan fingerprint density at radius 1 is 1.41 bits per heavy atom. The standard InChI is InChI=1S/C13H17ClN2O/c1-9-6-7-15-13(17)12(9)16-8-10-2-4-11(14)5-3-10/h2-5,9,12,16H,6-8H2,1H3,(H,15,17)/t9-,12+/m0/s1. The van der Waals surface area contributed by atoms with Gasteiger partial charge in [0.1, 0.15) is 0 Å². The van der Waals surface area contributed by atoms with Crippen LogP contribution in [0.5, 0.6) is 0 Å². The SMILES string of the molecule is C[C@H]1CCNC(=O)[C@@H]1NCc1ccc(Cl)cc1. The van der Waals surface area contributed by atoms with E-state index in [1.807, 2.05) is 24.3 Å². The number of nitrogens with one attached hydrogen (secondary N) is 2. The van der Waals surface area contributed by atoms with Gasteiger partial charge in [0.2, 0.25) is 5.91 Å². The molecule has 1 aromatic carbocycles. The molecule has 0 spiro atoms. The second-order valence-corrected chi connectivity index (χ2v) is 4.98. The van der Waals surface area contributed by atoms with Crippen molar-refractivity contribution in [2.45, 2.75) is 25.9 Å². The summed E-state index contributed by atoms with van der Waals surface area (Å²) in [6.07, 6.45) is 1.03. The second kappa shape index (κ2) is 5.52. The molecule has 1 amide bonds. The third-order valence-electron chi connectivity index (χ3n) is 3.19. The number of carbonyl (C=O) groups excluding carboxylic acids is 1. The van der Waals surface area contributed by atoms with E-state index < -0.39 is 0 Å². The van der Waals surface area contributed by atoms with Crippen LogP contribution in [0.3, 0.4) is 0 Å². The Labute approximate surface area is 107 Å². The van der Waals surface area contributed by atoms with Crippen LogP contribution in [0, 0.1) is 5.92 Å². The summed E-state index contributed by atoms with van der Waals surface area (Å²) >= 11 is 5.82. The number of piperidine rings is 1. The smallest absolute Gasteiger partial charge is 0.237 e. The molecule has 17 heavy (non-hydrogen) atoms. The van der Waals surface area contributed by atoms with Crippen molar-refractivity contribution in [3.05, 3.63) is 34.9 Å². The highest BCUT2D eigenvalue weighted by Gasteiger charge is 2.27. The van der Waals surface area contributed by atoms with Crippen molar-refractivity contribution in [3.63, 3.8) is 0 Å². The number of hydrogen-bond donors (Lipinski definition) is 2. The molecule has 92 valence electrons. The zero-order valence-corrected chi connectivity index (χ0v) is 10.6. The number of amides is 1. The quantitative estimate of drug-likeness (QED) is 0.864. The summed E-state index contributed by atoms with van der Waals surface area (Å²) in [6.45, 7) is 3.59. The lowest BCUT2D eigenvalue weighted by Gasteiger charge is -2.29. The van der Waals surface area contributed by atoms with E-state index >= 15 is 0 Å². The molecule has 4 heteroatoms. The van der Waals surface area contributed by atoms with Crippen molar-refractivity contribution in [1.82, 2.24) is 10.6 Å². The van der Waals surface area contributed by atoms with E-state index in [9.17, 15) is 4.79 Å². The van der Waals surface area contributed by atoms with Crippen LogP contribution in [0.25, 0.3) is 0 Å². The Balaban J connectivity index is 1.92. The van der Waals surface area contributed by atoms with Gasteiger partial charge in [0.25, 0.3) is 0 Å². The molecule has 1 heterocycles. The minimum Gasteiger partial charge on any atom is -0.355 e. The van der Waals surface area contributed by atoms with Gasteiger partial charge in [-0.05, 0) is 30.0 Å². The van der Waals surface area contributed by atoms with Crippen molar-refractivity contribution < 1.29 is 4.79 Å². The number of carbonyl (C=O) groups is 1. The summed E-state index contributed by atoms with van der Waals surface area (Å²) in [7, 11) is 0. The molecule has 2 atom stereocenters. The summed E-state index contributed by atoms with van der Waals surface area (Å²) in [6, 6.07) is 7.59. The van der Waals surface area contributed by atoms with Gasteiger partial charge in [0.15, 0.2) is 0 Å². The van der Waals surface area contributed by atoms with Crippen molar-refractivity contribution in [1.29, 1.82) is 0 Å². The first-order valence-electron chi connectivity index (χ1n) is 5.92. The fourth-order valence-corrected chi connectivity index (χ4v) is 2.21. The van der Waals surface area contributed by atoms with Crippen LogP contribution < -0.4 is 10.6 Å². The van der Waals surface area contributed by atoms with E-state index in [0.717, 1.165) is 23.6 Å². The number of hydrogen-bond acceptors (Lipinski definition) is 2. The average molecular weight is 253 g/mol. The molecule has 0 aliphatic carbocycles. The maximum Gasteiger partial charge on any atom is 0.237 e. The summed E-state index contributed by atoms with van der Waals surface area (Å²) in [4.78, 5) is 11.7. The van der Waals surface area contributed by atoms with Crippen molar-refractivity contribution in [2.75, 3.05) is 6.54 Å². The normalized spacial score (nSPS) is 24.5. The zero-order valence-electron chi connectivity index (χ0n) is 9.87. The highest BCUT2D eigenvalue weighted by atomic mass is 35.5. The maximum atomic E-state index is 11.7. The average Bonchev–Trinajstić information content (AvgIpc) is 2.31. The zero-order chi connectivity index (χ0) is 12.3. The van der Waals surface area contributed by atoms with E-state index in [1.54, 1.807) is 0 Å². The molecular formula is C13H17ClN2O. The minimum absolute atomic E-state index is 0.0839. The Bertz CT molecular complexity index is 391. The molecule has 1 aliphatic rings. The molecule has 0 aromatic heterocycles. The highest BCUT2D eigenvalue weighted by Crippen LogP contribution is 2.14. The van der Waals surface area contributed by atoms with Gasteiger partial charge in [0.05, 0.1) is 6.04 Å². The van der Waals surface area contributed by atoms with Gasteiger partial charge in [-0.2, -0.15) is 0 Å². The molecule has 0 unspecified atom stereocenters. The Hall–Kier alpha value is -1.06. The molecule has 3 nitrogen and oxygen atoms in total. The first-order chi connectivity index (χ1) is 8.16. The predicted molar refractivity (Wildman–Crippen MR) is 68.9 cm³/mol. The van der Waals surface area contributed by atoms with Gasteiger partial charge in [-0.25, -0.2) is 0 Å². The second-order valence-electron chi connectivity index (χ2n) is 4.54. The summed E-state index contributed by atoms with van der Waals surface area (Å²) in [5.74, 6) is 0.494. The van der Waals surface area contributed by atoms with E-state index in [2.05, 4.69) is 17.6 Å².